The fourth-order valence-electron chi connectivity index (χ4n) is 0.804. The van der Waals surface area contributed by atoms with Crippen LogP contribution >= 0.6 is 22.6 Å². The third kappa shape index (κ3) is 9.42. The molecular weight excluding hydrogens is 283 g/mol. The van der Waals surface area contributed by atoms with Gasteiger partial charge in [0.1, 0.15) is 0 Å². The summed E-state index contributed by atoms with van der Waals surface area (Å²) in [5.74, 6) is 0.0793. The lowest BCUT2D eigenvalue weighted by Gasteiger charge is -2.01. The third-order valence-electron chi connectivity index (χ3n) is 1.44. The molecule has 0 aliphatic heterocycles. The molecule has 6 heteroatoms. The highest BCUT2D eigenvalue weighted by atomic mass is 127. The summed E-state index contributed by atoms with van der Waals surface area (Å²) in [7, 11) is 0. The summed E-state index contributed by atoms with van der Waals surface area (Å²) >= 11 is 2.03. The summed E-state index contributed by atoms with van der Waals surface area (Å²) in [4.78, 5) is 13.4. The summed E-state index contributed by atoms with van der Waals surface area (Å²) in [5, 5.41) is 6.19. The van der Waals surface area contributed by atoms with Crippen molar-refractivity contribution in [3.63, 3.8) is 0 Å². The maximum atomic E-state index is 10.8. The molecule has 0 radical (unpaired) electrons. The first-order valence-electron chi connectivity index (χ1n) is 4.14. The van der Waals surface area contributed by atoms with Gasteiger partial charge in [0.05, 0.1) is 4.43 Å². The first-order valence-corrected chi connectivity index (χ1v) is 5.67. The second-order valence-corrected chi connectivity index (χ2v) is 3.26. The highest BCUT2D eigenvalue weighted by Crippen LogP contribution is 1.94. The number of halogens is 1. The molecule has 0 aliphatic rings. The van der Waals surface area contributed by atoms with E-state index in [0.29, 0.717) is 11.0 Å². The van der Waals surface area contributed by atoms with E-state index >= 15 is 0 Å². The van der Waals surface area contributed by atoms with Crippen LogP contribution in [0.5, 0.6) is 0 Å². The van der Waals surface area contributed by atoms with Crippen LogP contribution in [0.15, 0.2) is 5.11 Å². The quantitative estimate of drug-likeness (QED) is 0.191. The van der Waals surface area contributed by atoms with Crippen LogP contribution in [0.25, 0.3) is 10.4 Å². The molecule has 0 fully saturated rings. The Labute approximate surface area is 91.0 Å². The number of alkyl halides is 1. The van der Waals surface area contributed by atoms with Crippen LogP contribution in [0.3, 0.4) is 0 Å². The van der Waals surface area contributed by atoms with Crippen molar-refractivity contribution in [2.45, 2.75) is 19.3 Å². The maximum Gasteiger partial charge on any atom is 0.229 e. The van der Waals surface area contributed by atoms with Crippen molar-refractivity contribution in [3.8, 4) is 0 Å². The van der Waals surface area contributed by atoms with Crippen LogP contribution in [0.1, 0.15) is 19.3 Å². The Balaban J connectivity index is 3.08. The van der Waals surface area contributed by atoms with Crippen LogP contribution in [-0.4, -0.2) is 23.4 Å². The fraction of sp³-hybridized carbons (Fsp3) is 0.857. The van der Waals surface area contributed by atoms with Gasteiger partial charge in [0.15, 0.2) is 0 Å². The Morgan fingerprint density at radius 1 is 1.46 bits per heavy atom. The van der Waals surface area contributed by atoms with Gasteiger partial charge in [0.25, 0.3) is 0 Å². The summed E-state index contributed by atoms with van der Waals surface area (Å²) in [6.07, 6.45) is 2.83. The van der Waals surface area contributed by atoms with E-state index in [1.807, 2.05) is 22.6 Å². The molecule has 74 valence electrons. The molecule has 0 aromatic heterocycles. The topological polar surface area (TPSA) is 77.9 Å². The van der Waals surface area contributed by atoms with Crippen molar-refractivity contribution in [1.82, 2.24) is 5.32 Å². The second kappa shape index (κ2) is 9.60. The van der Waals surface area contributed by atoms with E-state index in [1.165, 1.54) is 0 Å². The van der Waals surface area contributed by atoms with Crippen LogP contribution in [0, 0.1) is 0 Å². The molecule has 0 spiro atoms. The first kappa shape index (κ1) is 12.5. The molecule has 1 N–H and O–H groups in total. The van der Waals surface area contributed by atoms with Gasteiger partial charge in [0, 0.05) is 18.0 Å². The number of unbranched alkanes of at least 4 members (excludes halogenated alkanes) is 2. The van der Waals surface area contributed by atoms with E-state index in [0.717, 1.165) is 25.8 Å². The molecule has 5 nitrogen and oxygen atoms in total. The molecule has 13 heavy (non-hydrogen) atoms. The number of nitrogens with one attached hydrogen (secondary N) is 1. The Morgan fingerprint density at radius 3 is 2.85 bits per heavy atom. The predicted molar refractivity (Wildman–Crippen MR) is 59.8 cm³/mol. The van der Waals surface area contributed by atoms with Gasteiger partial charge in [-0.1, -0.05) is 34.1 Å². The van der Waals surface area contributed by atoms with Crippen molar-refractivity contribution in [1.29, 1.82) is 0 Å². The average molecular weight is 296 g/mol. The molecular formula is C7H13IN4O. The molecule has 0 saturated carbocycles. The van der Waals surface area contributed by atoms with E-state index in [2.05, 4.69) is 15.3 Å². The lowest BCUT2D eigenvalue weighted by Crippen LogP contribution is -2.25. The number of azide groups is 1. The summed E-state index contributed by atoms with van der Waals surface area (Å²) < 4.78 is 0.510. The summed E-state index contributed by atoms with van der Waals surface area (Å²) in [6, 6.07) is 0. The van der Waals surface area contributed by atoms with Crippen LogP contribution < -0.4 is 5.32 Å². The van der Waals surface area contributed by atoms with Crippen LogP contribution in [-0.2, 0) is 4.79 Å². The lowest BCUT2D eigenvalue weighted by molar-refractivity contribution is -0.118. The predicted octanol–water partition coefficient (Wildman–Crippen LogP) is 2.02. The van der Waals surface area contributed by atoms with Gasteiger partial charge < -0.3 is 5.32 Å². The SMILES string of the molecule is [N-]=[N+]=NCCCCCNC(=O)CI. The first-order chi connectivity index (χ1) is 6.31. The Hall–Kier alpha value is -0.490. The number of amides is 1. The van der Waals surface area contributed by atoms with E-state index in [-0.39, 0.29) is 5.91 Å². The zero-order valence-electron chi connectivity index (χ0n) is 7.37. The van der Waals surface area contributed by atoms with E-state index < -0.39 is 0 Å². The molecule has 0 atom stereocenters. The van der Waals surface area contributed by atoms with Gasteiger partial charge in [-0.25, -0.2) is 0 Å². The van der Waals surface area contributed by atoms with Crippen molar-refractivity contribution in [2.75, 3.05) is 17.5 Å². The maximum absolute atomic E-state index is 10.8. The molecule has 0 rings (SSSR count). The smallest absolute Gasteiger partial charge is 0.229 e. The Kier molecular flexibility index (Phi) is 9.24. The number of carbonyl (C=O) groups is 1. The van der Waals surface area contributed by atoms with Gasteiger partial charge in [-0.15, -0.1) is 0 Å². The number of hydrogen-bond donors (Lipinski definition) is 1. The summed E-state index contributed by atoms with van der Waals surface area (Å²) in [5.41, 5.74) is 7.97. The minimum Gasteiger partial charge on any atom is -0.355 e. The molecule has 0 aromatic carbocycles. The number of rotatable bonds is 7. The van der Waals surface area contributed by atoms with E-state index in [1.54, 1.807) is 0 Å². The molecule has 0 heterocycles. The largest absolute Gasteiger partial charge is 0.355 e. The Morgan fingerprint density at radius 2 is 2.23 bits per heavy atom. The van der Waals surface area contributed by atoms with Gasteiger partial charge in [-0.05, 0) is 18.4 Å². The van der Waals surface area contributed by atoms with Crippen molar-refractivity contribution in [2.24, 2.45) is 5.11 Å². The highest BCUT2D eigenvalue weighted by molar-refractivity contribution is 14.1. The van der Waals surface area contributed by atoms with Gasteiger partial charge in [-0.2, -0.15) is 0 Å². The highest BCUT2D eigenvalue weighted by Gasteiger charge is 1.95. The molecule has 1 amide bonds. The van der Waals surface area contributed by atoms with Crippen molar-refractivity contribution in [3.05, 3.63) is 10.4 Å². The number of nitrogens with zero attached hydrogens (tertiary/aromatic N) is 3. The van der Waals surface area contributed by atoms with Gasteiger partial charge in [-0.3, -0.25) is 4.79 Å². The minimum absolute atomic E-state index is 0.0793. The lowest BCUT2D eigenvalue weighted by atomic mass is 10.2. The average Bonchev–Trinajstić information content (AvgIpc) is 2.16. The Bertz CT molecular complexity index is 191. The van der Waals surface area contributed by atoms with Gasteiger partial charge >= 0.3 is 0 Å². The molecule has 0 aliphatic carbocycles. The monoisotopic (exact) mass is 296 g/mol. The fourth-order valence-corrected chi connectivity index (χ4v) is 1.07. The zero-order valence-corrected chi connectivity index (χ0v) is 9.53. The normalized spacial score (nSPS) is 9.00. The van der Waals surface area contributed by atoms with Gasteiger partial charge in [0.2, 0.25) is 5.91 Å². The summed E-state index contributed by atoms with van der Waals surface area (Å²) in [6.45, 7) is 1.27. The zero-order chi connectivity index (χ0) is 9.94. The van der Waals surface area contributed by atoms with Crippen molar-refractivity contribution >= 4 is 28.5 Å². The molecule has 0 bridgehead atoms. The number of carbonyl (C=O) groups excluding carboxylic acids is 1. The minimum atomic E-state index is 0.0793. The number of hydrogen-bond acceptors (Lipinski definition) is 2. The van der Waals surface area contributed by atoms with Crippen LogP contribution in [0.4, 0.5) is 0 Å². The van der Waals surface area contributed by atoms with E-state index in [9.17, 15) is 4.79 Å². The third-order valence-corrected chi connectivity index (χ3v) is 2.13. The van der Waals surface area contributed by atoms with Crippen molar-refractivity contribution < 1.29 is 4.79 Å². The van der Waals surface area contributed by atoms with E-state index in [4.69, 9.17) is 5.53 Å². The van der Waals surface area contributed by atoms with Crippen LogP contribution in [0.2, 0.25) is 0 Å². The molecule has 0 saturated heterocycles. The standard InChI is InChI=1S/C7H13IN4O/c8-6-7(13)10-4-2-1-3-5-11-12-9/h1-6H2,(H,10,13). The molecule has 0 aromatic rings. The second-order valence-electron chi connectivity index (χ2n) is 2.50. The molecule has 0 unspecified atom stereocenters.